The fourth-order valence-electron chi connectivity index (χ4n) is 1.93. The number of carbonyl (C=O) groups excluding carboxylic acids is 2. The summed E-state index contributed by atoms with van der Waals surface area (Å²) in [6, 6.07) is 6.85. The van der Waals surface area contributed by atoms with Gasteiger partial charge >= 0.3 is 0 Å². The fourth-order valence-corrected chi connectivity index (χ4v) is 1.93. The van der Waals surface area contributed by atoms with Crippen molar-refractivity contribution < 1.29 is 18.5 Å². The molecule has 2 aromatic rings. The van der Waals surface area contributed by atoms with Gasteiger partial charge in [-0.2, -0.15) is 0 Å². The molecule has 0 saturated carbocycles. The van der Waals surface area contributed by atoms with Crippen LogP contribution in [0.1, 0.15) is 23.9 Å². The summed E-state index contributed by atoms with van der Waals surface area (Å²) in [4.78, 5) is 25.1. The van der Waals surface area contributed by atoms with Crippen molar-refractivity contribution in [3.63, 3.8) is 0 Å². The lowest BCUT2D eigenvalue weighted by atomic mass is 10.1. The second-order valence-electron chi connectivity index (χ2n) is 5.45. The third kappa shape index (κ3) is 4.38. The third-order valence-electron chi connectivity index (χ3n) is 3.23. The van der Waals surface area contributed by atoms with E-state index >= 15 is 0 Å². The molecular weight excluding hydrogens is 301 g/mol. The van der Waals surface area contributed by atoms with Crippen LogP contribution in [-0.2, 0) is 4.79 Å². The predicted molar refractivity (Wildman–Crippen MR) is 82.1 cm³/mol. The minimum Gasteiger partial charge on any atom is -0.350 e. The van der Waals surface area contributed by atoms with Crippen molar-refractivity contribution in [2.45, 2.75) is 19.4 Å². The van der Waals surface area contributed by atoms with Crippen LogP contribution in [0.3, 0.4) is 0 Å². The summed E-state index contributed by atoms with van der Waals surface area (Å²) in [5.74, 6) is -0.852. The molecule has 1 atom stereocenters. The zero-order valence-corrected chi connectivity index (χ0v) is 13.2. The molecule has 1 aromatic heterocycles. The predicted octanol–water partition coefficient (Wildman–Crippen LogP) is 2.08. The minimum atomic E-state index is -0.454. The highest BCUT2D eigenvalue weighted by atomic mass is 19.1. The molecule has 0 radical (unpaired) electrons. The first-order chi connectivity index (χ1) is 10.9. The Morgan fingerprint density at radius 3 is 2.57 bits per heavy atom. The van der Waals surface area contributed by atoms with Gasteiger partial charge in [0.25, 0.3) is 5.91 Å². The van der Waals surface area contributed by atoms with Gasteiger partial charge in [-0.05, 0) is 31.2 Å². The van der Waals surface area contributed by atoms with Crippen LogP contribution in [0.15, 0.2) is 34.9 Å². The van der Waals surface area contributed by atoms with Crippen LogP contribution in [0.4, 0.5) is 4.39 Å². The summed E-state index contributed by atoms with van der Waals surface area (Å²) in [7, 11) is 3.31. The number of rotatable bonds is 5. The second kappa shape index (κ2) is 7.04. The molecule has 2 rings (SSSR count). The Hall–Kier alpha value is -2.70. The van der Waals surface area contributed by atoms with Crippen molar-refractivity contribution >= 4 is 11.8 Å². The lowest BCUT2D eigenvalue weighted by Gasteiger charge is -2.15. The maximum Gasteiger partial charge on any atom is 0.290 e. The smallest absolute Gasteiger partial charge is 0.290 e. The molecule has 0 aliphatic rings. The number of nitrogens with one attached hydrogen (secondary N) is 1. The van der Waals surface area contributed by atoms with Gasteiger partial charge in [0, 0.05) is 38.2 Å². The number of halogens is 1. The highest BCUT2D eigenvalue weighted by molar-refractivity contribution is 5.92. The van der Waals surface area contributed by atoms with E-state index in [4.69, 9.17) is 4.52 Å². The van der Waals surface area contributed by atoms with Gasteiger partial charge in [0.2, 0.25) is 11.7 Å². The van der Waals surface area contributed by atoms with Crippen LogP contribution in [0.25, 0.3) is 11.3 Å². The zero-order chi connectivity index (χ0) is 17.0. The van der Waals surface area contributed by atoms with E-state index in [9.17, 15) is 14.0 Å². The van der Waals surface area contributed by atoms with Gasteiger partial charge in [-0.3, -0.25) is 9.59 Å². The molecule has 0 bridgehead atoms. The minimum absolute atomic E-state index is 0.0356. The Labute approximate surface area is 133 Å². The van der Waals surface area contributed by atoms with Crippen molar-refractivity contribution in [3.8, 4) is 11.3 Å². The first-order valence-corrected chi connectivity index (χ1v) is 7.10. The number of hydrogen-bond acceptors (Lipinski definition) is 4. The van der Waals surface area contributed by atoms with E-state index in [0.29, 0.717) is 11.3 Å². The summed E-state index contributed by atoms with van der Waals surface area (Å²) in [6.07, 6.45) is 0.192. The van der Waals surface area contributed by atoms with Crippen molar-refractivity contribution in [2.75, 3.05) is 14.1 Å². The van der Waals surface area contributed by atoms with Gasteiger partial charge in [0.1, 0.15) is 11.5 Å². The number of nitrogens with zero attached hydrogens (tertiary/aromatic N) is 2. The summed E-state index contributed by atoms with van der Waals surface area (Å²) < 4.78 is 17.9. The fraction of sp³-hybridized carbons (Fsp3) is 0.312. The first kappa shape index (κ1) is 16.7. The summed E-state index contributed by atoms with van der Waals surface area (Å²) in [6.45, 7) is 1.73. The van der Waals surface area contributed by atoms with Crippen molar-refractivity contribution in [1.29, 1.82) is 0 Å². The topological polar surface area (TPSA) is 75.4 Å². The van der Waals surface area contributed by atoms with E-state index < -0.39 is 5.91 Å². The molecular formula is C16H18FN3O3. The largest absolute Gasteiger partial charge is 0.350 e. The first-order valence-electron chi connectivity index (χ1n) is 7.10. The Morgan fingerprint density at radius 2 is 1.96 bits per heavy atom. The second-order valence-corrected chi connectivity index (χ2v) is 5.45. The molecule has 0 aliphatic carbocycles. The molecule has 1 N–H and O–H groups in total. The number of benzene rings is 1. The number of amides is 2. The third-order valence-corrected chi connectivity index (χ3v) is 3.23. The highest BCUT2D eigenvalue weighted by Gasteiger charge is 2.18. The quantitative estimate of drug-likeness (QED) is 0.915. The van der Waals surface area contributed by atoms with Crippen molar-refractivity contribution in [3.05, 3.63) is 41.9 Å². The number of carbonyl (C=O) groups is 2. The molecule has 1 heterocycles. The molecule has 0 saturated heterocycles. The van der Waals surface area contributed by atoms with Crippen LogP contribution >= 0.6 is 0 Å². The molecule has 7 heteroatoms. The van der Waals surface area contributed by atoms with Crippen molar-refractivity contribution in [2.24, 2.45) is 0 Å². The molecule has 0 fully saturated rings. The van der Waals surface area contributed by atoms with Crippen LogP contribution in [0.2, 0.25) is 0 Å². The maximum absolute atomic E-state index is 12.9. The monoisotopic (exact) mass is 319 g/mol. The van der Waals surface area contributed by atoms with Crippen molar-refractivity contribution in [1.82, 2.24) is 15.4 Å². The van der Waals surface area contributed by atoms with E-state index in [1.165, 1.54) is 23.1 Å². The normalized spacial score (nSPS) is 11.8. The van der Waals surface area contributed by atoms with Crippen LogP contribution in [0.5, 0.6) is 0 Å². The standard InChI is InChI=1S/C16H18FN3O3/c1-10(8-15(21)20(2)3)18-16(22)14-9-13(19-23-14)11-4-6-12(17)7-5-11/h4-7,9-10H,8H2,1-3H3,(H,18,22). The molecule has 122 valence electrons. The highest BCUT2D eigenvalue weighted by Crippen LogP contribution is 2.19. The molecule has 6 nitrogen and oxygen atoms in total. The van der Waals surface area contributed by atoms with Gasteiger partial charge in [-0.25, -0.2) is 4.39 Å². The Kier molecular flexibility index (Phi) is 5.10. The van der Waals surface area contributed by atoms with Crippen LogP contribution < -0.4 is 5.32 Å². The van der Waals surface area contributed by atoms with Crippen LogP contribution in [-0.4, -0.2) is 42.0 Å². The molecule has 2 amide bonds. The Bertz CT molecular complexity index is 695. The average molecular weight is 319 g/mol. The van der Waals surface area contributed by atoms with Gasteiger partial charge in [0.15, 0.2) is 0 Å². The summed E-state index contributed by atoms with van der Waals surface area (Å²) in [5, 5.41) is 6.48. The molecule has 23 heavy (non-hydrogen) atoms. The summed E-state index contributed by atoms with van der Waals surface area (Å²) >= 11 is 0. The van der Waals surface area contributed by atoms with Crippen LogP contribution in [0, 0.1) is 5.82 Å². The van der Waals surface area contributed by atoms with E-state index in [1.807, 2.05) is 0 Å². The zero-order valence-electron chi connectivity index (χ0n) is 13.2. The molecule has 1 unspecified atom stereocenters. The van der Waals surface area contributed by atoms with Gasteiger partial charge in [-0.1, -0.05) is 5.16 Å². The van der Waals surface area contributed by atoms with E-state index in [-0.39, 0.29) is 29.9 Å². The Balaban J connectivity index is 2.01. The maximum atomic E-state index is 12.9. The Morgan fingerprint density at radius 1 is 1.30 bits per heavy atom. The molecule has 1 aromatic carbocycles. The van der Waals surface area contributed by atoms with E-state index in [0.717, 1.165) is 0 Å². The number of hydrogen-bond donors (Lipinski definition) is 1. The van der Waals surface area contributed by atoms with Gasteiger partial charge in [0.05, 0.1) is 0 Å². The lowest BCUT2D eigenvalue weighted by Crippen LogP contribution is -2.36. The summed E-state index contributed by atoms with van der Waals surface area (Å²) in [5.41, 5.74) is 1.08. The average Bonchev–Trinajstić information content (AvgIpc) is 2.97. The molecule has 0 spiro atoms. The molecule has 0 aliphatic heterocycles. The number of aromatic nitrogens is 1. The van der Waals surface area contributed by atoms with Gasteiger partial charge < -0.3 is 14.7 Å². The SMILES string of the molecule is CC(CC(=O)N(C)C)NC(=O)c1cc(-c2ccc(F)cc2)no1. The van der Waals surface area contributed by atoms with E-state index in [2.05, 4.69) is 10.5 Å². The van der Waals surface area contributed by atoms with Gasteiger partial charge in [-0.15, -0.1) is 0 Å². The lowest BCUT2D eigenvalue weighted by molar-refractivity contribution is -0.129. The van der Waals surface area contributed by atoms with E-state index in [1.54, 1.807) is 33.2 Å².